The van der Waals surface area contributed by atoms with Crippen molar-refractivity contribution in [2.75, 3.05) is 24.5 Å². The zero-order valence-electron chi connectivity index (χ0n) is 9.53. The second-order valence-corrected chi connectivity index (χ2v) is 4.15. The lowest BCUT2D eigenvalue weighted by molar-refractivity contribution is 0.463. The minimum atomic E-state index is 0.591. The molecule has 2 rings (SSSR count). The molecule has 15 heavy (non-hydrogen) atoms. The second-order valence-electron chi connectivity index (χ2n) is 4.15. The summed E-state index contributed by atoms with van der Waals surface area (Å²) in [6, 6.07) is 4.81. The Morgan fingerprint density at radius 3 is 3.20 bits per heavy atom. The number of piperazine rings is 1. The number of nitrogens with zero attached hydrogens (tertiary/aromatic N) is 2. The minimum Gasteiger partial charge on any atom is -0.351 e. The van der Waals surface area contributed by atoms with Crippen molar-refractivity contribution in [3.63, 3.8) is 0 Å². The molecular formula is C12H19N3. The summed E-state index contributed by atoms with van der Waals surface area (Å²) in [4.78, 5) is 6.88. The third-order valence-corrected chi connectivity index (χ3v) is 3.02. The molecule has 1 atom stereocenters. The normalized spacial score (nSPS) is 21.7. The molecule has 3 nitrogen and oxygen atoms in total. The highest BCUT2D eigenvalue weighted by molar-refractivity contribution is 5.42. The molecule has 1 aliphatic rings. The van der Waals surface area contributed by atoms with Crippen LogP contribution in [0.2, 0.25) is 0 Å². The van der Waals surface area contributed by atoms with Crippen LogP contribution in [0.25, 0.3) is 0 Å². The molecule has 1 saturated heterocycles. The van der Waals surface area contributed by atoms with E-state index >= 15 is 0 Å². The number of aryl methyl sites for hydroxylation is 1. The van der Waals surface area contributed by atoms with Crippen molar-refractivity contribution >= 4 is 5.82 Å². The average Bonchev–Trinajstić information content (AvgIpc) is 2.29. The van der Waals surface area contributed by atoms with Crippen molar-refractivity contribution in [1.82, 2.24) is 10.3 Å². The maximum Gasteiger partial charge on any atom is 0.129 e. The lowest BCUT2D eigenvalue weighted by Crippen LogP contribution is -2.51. The van der Waals surface area contributed by atoms with Crippen LogP contribution in [0.1, 0.15) is 18.9 Å². The Morgan fingerprint density at radius 2 is 2.47 bits per heavy atom. The molecule has 0 aliphatic carbocycles. The number of aromatic nitrogens is 1. The van der Waals surface area contributed by atoms with Gasteiger partial charge in [-0.05, 0) is 31.0 Å². The van der Waals surface area contributed by atoms with Gasteiger partial charge in [-0.15, -0.1) is 0 Å². The zero-order valence-corrected chi connectivity index (χ0v) is 9.53. The van der Waals surface area contributed by atoms with Crippen LogP contribution in [0, 0.1) is 6.92 Å². The minimum absolute atomic E-state index is 0.591. The topological polar surface area (TPSA) is 28.2 Å². The van der Waals surface area contributed by atoms with Crippen LogP contribution in [0.15, 0.2) is 18.3 Å². The Hall–Kier alpha value is -1.09. The molecule has 1 aliphatic heterocycles. The van der Waals surface area contributed by atoms with E-state index < -0.39 is 0 Å². The van der Waals surface area contributed by atoms with Crippen LogP contribution in [0.3, 0.4) is 0 Å². The maximum absolute atomic E-state index is 4.46. The summed E-state index contributed by atoms with van der Waals surface area (Å²) in [5.41, 5.74) is 1.29. The fraction of sp³-hybridized carbons (Fsp3) is 0.583. The van der Waals surface area contributed by atoms with Crippen molar-refractivity contribution in [3.05, 3.63) is 23.9 Å². The molecule has 3 heteroatoms. The fourth-order valence-electron chi connectivity index (χ4n) is 2.10. The summed E-state index contributed by atoms with van der Waals surface area (Å²) in [6.45, 7) is 7.56. The van der Waals surface area contributed by atoms with Gasteiger partial charge in [-0.25, -0.2) is 4.98 Å². The van der Waals surface area contributed by atoms with Crippen molar-refractivity contribution in [2.24, 2.45) is 0 Å². The molecule has 2 heterocycles. The first-order valence-electron chi connectivity index (χ1n) is 5.71. The van der Waals surface area contributed by atoms with E-state index in [9.17, 15) is 0 Å². The van der Waals surface area contributed by atoms with Gasteiger partial charge in [0.05, 0.1) is 0 Å². The number of rotatable bonds is 2. The molecule has 0 aromatic carbocycles. The number of pyridine rings is 1. The number of nitrogens with one attached hydrogen (secondary N) is 1. The van der Waals surface area contributed by atoms with Crippen LogP contribution >= 0.6 is 0 Å². The molecule has 1 unspecified atom stereocenters. The maximum atomic E-state index is 4.46. The smallest absolute Gasteiger partial charge is 0.129 e. The lowest BCUT2D eigenvalue weighted by atomic mass is 10.1. The van der Waals surface area contributed by atoms with E-state index in [1.165, 1.54) is 12.0 Å². The number of hydrogen-bond donors (Lipinski definition) is 1. The molecule has 0 saturated carbocycles. The van der Waals surface area contributed by atoms with Gasteiger partial charge in [-0.1, -0.05) is 6.92 Å². The fourth-order valence-corrected chi connectivity index (χ4v) is 2.10. The van der Waals surface area contributed by atoms with E-state index in [1.54, 1.807) is 0 Å². The number of hydrogen-bond acceptors (Lipinski definition) is 3. The van der Waals surface area contributed by atoms with Gasteiger partial charge >= 0.3 is 0 Å². The van der Waals surface area contributed by atoms with E-state index in [2.05, 4.69) is 35.1 Å². The van der Waals surface area contributed by atoms with Crippen LogP contribution in [0.4, 0.5) is 5.82 Å². The molecule has 0 radical (unpaired) electrons. The first-order chi connectivity index (χ1) is 7.31. The Labute approximate surface area is 91.5 Å². The number of anilines is 1. The van der Waals surface area contributed by atoms with E-state index in [0.29, 0.717) is 6.04 Å². The predicted octanol–water partition coefficient (Wildman–Crippen LogP) is 1.58. The third-order valence-electron chi connectivity index (χ3n) is 3.02. The quantitative estimate of drug-likeness (QED) is 0.794. The first-order valence-corrected chi connectivity index (χ1v) is 5.71. The van der Waals surface area contributed by atoms with Crippen molar-refractivity contribution in [1.29, 1.82) is 0 Å². The Kier molecular flexibility index (Phi) is 3.21. The molecule has 0 bridgehead atoms. The first kappa shape index (κ1) is 10.4. The highest BCUT2D eigenvalue weighted by atomic mass is 15.3. The summed E-state index contributed by atoms with van der Waals surface area (Å²) in [5, 5.41) is 3.43. The largest absolute Gasteiger partial charge is 0.351 e. The SMILES string of the molecule is CCC1CNCCN1c1cc(C)ccn1. The Morgan fingerprint density at radius 1 is 1.60 bits per heavy atom. The van der Waals surface area contributed by atoms with Gasteiger partial charge in [-0.2, -0.15) is 0 Å². The molecule has 1 aromatic rings. The summed E-state index contributed by atoms with van der Waals surface area (Å²) in [6.07, 6.45) is 3.07. The van der Waals surface area contributed by atoms with E-state index in [1.807, 2.05) is 12.3 Å². The summed E-state index contributed by atoms with van der Waals surface area (Å²) < 4.78 is 0. The third kappa shape index (κ3) is 2.29. The van der Waals surface area contributed by atoms with Crippen LogP contribution in [-0.4, -0.2) is 30.7 Å². The Balaban J connectivity index is 2.20. The van der Waals surface area contributed by atoms with Gasteiger partial charge in [0.2, 0.25) is 0 Å². The zero-order chi connectivity index (χ0) is 10.7. The van der Waals surface area contributed by atoms with Gasteiger partial charge in [0, 0.05) is 31.9 Å². The van der Waals surface area contributed by atoms with E-state index in [-0.39, 0.29) is 0 Å². The highest BCUT2D eigenvalue weighted by Crippen LogP contribution is 2.18. The van der Waals surface area contributed by atoms with Crippen LogP contribution in [0.5, 0.6) is 0 Å². The van der Waals surface area contributed by atoms with Gasteiger partial charge in [0.25, 0.3) is 0 Å². The summed E-state index contributed by atoms with van der Waals surface area (Å²) in [5.74, 6) is 1.13. The van der Waals surface area contributed by atoms with Crippen molar-refractivity contribution in [3.8, 4) is 0 Å². The van der Waals surface area contributed by atoms with Crippen LogP contribution < -0.4 is 10.2 Å². The van der Waals surface area contributed by atoms with Gasteiger partial charge in [-0.3, -0.25) is 0 Å². The van der Waals surface area contributed by atoms with Gasteiger partial charge in [0.15, 0.2) is 0 Å². The summed E-state index contributed by atoms with van der Waals surface area (Å²) >= 11 is 0. The van der Waals surface area contributed by atoms with Crippen molar-refractivity contribution in [2.45, 2.75) is 26.3 Å². The standard InChI is InChI=1S/C12H19N3/c1-3-11-9-13-6-7-15(11)12-8-10(2)4-5-14-12/h4-5,8,11,13H,3,6-7,9H2,1-2H3. The molecule has 1 aromatic heterocycles. The van der Waals surface area contributed by atoms with Gasteiger partial charge < -0.3 is 10.2 Å². The molecule has 82 valence electrons. The lowest BCUT2D eigenvalue weighted by Gasteiger charge is -2.36. The van der Waals surface area contributed by atoms with Gasteiger partial charge in [0.1, 0.15) is 5.82 Å². The summed E-state index contributed by atoms with van der Waals surface area (Å²) in [7, 11) is 0. The van der Waals surface area contributed by atoms with E-state index in [4.69, 9.17) is 0 Å². The van der Waals surface area contributed by atoms with Crippen molar-refractivity contribution < 1.29 is 0 Å². The molecule has 0 amide bonds. The highest BCUT2D eigenvalue weighted by Gasteiger charge is 2.21. The molecule has 1 fully saturated rings. The van der Waals surface area contributed by atoms with E-state index in [0.717, 1.165) is 25.5 Å². The average molecular weight is 205 g/mol. The van der Waals surface area contributed by atoms with Crippen LogP contribution in [-0.2, 0) is 0 Å². The predicted molar refractivity (Wildman–Crippen MR) is 63.3 cm³/mol. The molecule has 1 N–H and O–H groups in total. The monoisotopic (exact) mass is 205 g/mol. The molecule has 0 spiro atoms. The molecular weight excluding hydrogens is 186 g/mol. The second kappa shape index (κ2) is 4.62. The Bertz CT molecular complexity index is 324.